The Bertz CT molecular complexity index is 1030. The predicted molar refractivity (Wildman–Crippen MR) is 119 cm³/mol. The van der Waals surface area contributed by atoms with Gasteiger partial charge in [-0.05, 0) is 68.3 Å². The SMILES string of the molecule is Cc1ccc2nc(-c3ccc(NC(=O)CN4CCN5CCCC5C4)cc3)sc2c1. The molecule has 2 aliphatic heterocycles. The van der Waals surface area contributed by atoms with E-state index in [1.54, 1.807) is 11.3 Å². The number of benzene rings is 2. The van der Waals surface area contributed by atoms with E-state index in [2.05, 4.69) is 40.2 Å². The second-order valence-corrected chi connectivity index (χ2v) is 9.21. The van der Waals surface area contributed by atoms with Crippen molar-refractivity contribution in [3.05, 3.63) is 48.0 Å². The maximum absolute atomic E-state index is 12.5. The minimum absolute atomic E-state index is 0.0691. The molecule has 3 heterocycles. The normalized spacial score (nSPS) is 20.1. The molecule has 0 spiro atoms. The Hall–Kier alpha value is -2.28. The molecule has 1 amide bonds. The average Bonchev–Trinajstić information content (AvgIpc) is 3.34. The Labute approximate surface area is 175 Å². The quantitative estimate of drug-likeness (QED) is 0.712. The van der Waals surface area contributed by atoms with E-state index >= 15 is 0 Å². The van der Waals surface area contributed by atoms with Crippen LogP contribution >= 0.6 is 11.3 Å². The molecule has 0 aliphatic carbocycles. The highest BCUT2D eigenvalue weighted by atomic mass is 32.1. The number of anilines is 1. The molecule has 6 heteroatoms. The Morgan fingerprint density at radius 1 is 1.17 bits per heavy atom. The van der Waals surface area contributed by atoms with Crippen molar-refractivity contribution in [3.63, 3.8) is 0 Å². The molecule has 1 atom stereocenters. The third kappa shape index (κ3) is 4.06. The molecule has 5 rings (SSSR count). The van der Waals surface area contributed by atoms with Gasteiger partial charge in [0.25, 0.3) is 0 Å². The van der Waals surface area contributed by atoms with E-state index < -0.39 is 0 Å². The average molecular weight is 407 g/mol. The van der Waals surface area contributed by atoms with E-state index in [9.17, 15) is 4.79 Å². The number of aryl methyl sites for hydroxylation is 1. The molecule has 150 valence electrons. The van der Waals surface area contributed by atoms with Gasteiger partial charge in [0, 0.05) is 36.9 Å². The Kier molecular flexibility index (Phi) is 5.08. The number of carbonyl (C=O) groups excluding carboxylic acids is 1. The van der Waals surface area contributed by atoms with Gasteiger partial charge in [0.1, 0.15) is 5.01 Å². The molecule has 2 aliphatic rings. The van der Waals surface area contributed by atoms with Crippen LogP contribution in [-0.2, 0) is 4.79 Å². The summed E-state index contributed by atoms with van der Waals surface area (Å²) in [5.41, 5.74) is 4.21. The van der Waals surface area contributed by atoms with Gasteiger partial charge in [-0.25, -0.2) is 4.98 Å². The molecule has 0 radical (unpaired) electrons. The van der Waals surface area contributed by atoms with Crippen LogP contribution in [0.25, 0.3) is 20.8 Å². The third-order valence-electron chi connectivity index (χ3n) is 6.00. The summed E-state index contributed by atoms with van der Waals surface area (Å²) < 4.78 is 1.21. The number of fused-ring (bicyclic) bond motifs is 2. The van der Waals surface area contributed by atoms with Gasteiger partial charge in [0.2, 0.25) is 5.91 Å². The van der Waals surface area contributed by atoms with Crippen LogP contribution in [-0.4, -0.2) is 59.5 Å². The fraction of sp³-hybridized carbons (Fsp3) is 0.391. The molecule has 1 unspecified atom stereocenters. The first kappa shape index (κ1) is 18.7. The van der Waals surface area contributed by atoms with Crippen LogP contribution < -0.4 is 5.32 Å². The van der Waals surface area contributed by atoms with Gasteiger partial charge < -0.3 is 5.32 Å². The van der Waals surface area contributed by atoms with E-state index in [-0.39, 0.29) is 5.91 Å². The standard InChI is InChI=1S/C23H26N4OS/c1-16-4-9-20-21(13-16)29-23(25-20)17-5-7-18(8-6-17)24-22(28)15-26-11-12-27-10-2-3-19(27)14-26/h4-9,13,19H,2-3,10-12,14-15H2,1H3,(H,24,28). The van der Waals surface area contributed by atoms with E-state index in [0.29, 0.717) is 12.6 Å². The Morgan fingerprint density at radius 3 is 2.90 bits per heavy atom. The molecule has 2 fully saturated rings. The number of hydrogen-bond acceptors (Lipinski definition) is 5. The predicted octanol–water partition coefficient (Wildman–Crippen LogP) is 3.99. The molecule has 0 bridgehead atoms. The summed E-state index contributed by atoms with van der Waals surface area (Å²) in [6.07, 6.45) is 2.57. The number of aromatic nitrogens is 1. The van der Waals surface area contributed by atoms with Gasteiger partial charge in [-0.1, -0.05) is 6.07 Å². The summed E-state index contributed by atoms with van der Waals surface area (Å²) in [7, 11) is 0. The third-order valence-corrected chi connectivity index (χ3v) is 7.07. The van der Waals surface area contributed by atoms with Crippen molar-refractivity contribution >= 4 is 33.1 Å². The lowest BCUT2D eigenvalue weighted by Gasteiger charge is -2.37. The van der Waals surface area contributed by atoms with E-state index in [1.807, 2.05) is 24.3 Å². The number of piperazine rings is 1. The van der Waals surface area contributed by atoms with Gasteiger partial charge in [0.05, 0.1) is 16.8 Å². The smallest absolute Gasteiger partial charge is 0.238 e. The molecule has 2 saturated heterocycles. The van der Waals surface area contributed by atoms with Crippen LogP contribution in [0.15, 0.2) is 42.5 Å². The largest absolute Gasteiger partial charge is 0.325 e. The highest BCUT2D eigenvalue weighted by molar-refractivity contribution is 7.21. The summed E-state index contributed by atoms with van der Waals surface area (Å²) in [5, 5.41) is 4.06. The number of rotatable bonds is 4. The first-order valence-corrected chi connectivity index (χ1v) is 11.2. The van der Waals surface area contributed by atoms with Crippen molar-refractivity contribution in [2.24, 2.45) is 0 Å². The highest BCUT2D eigenvalue weighted by Gasteiger charge is 2.31. The number of carbonyl (C=O) groups is 1. The Morgan fingerprint density at radius 2 is 2.03 bits per heavy atom. The van der Waals surface area contributed by atoms with E-state index in [1.165, 1.54) is 29.6 Å². The van der Waals surface area contributed by atoms with Crippen LogP contribution in [0.3, 0.4) is 0 Å². The zero-order valence-corrected chi connectivity index (χ0v) is 17.5. The van der Waals surface area contributed by atoms with Gasteiger partial charge in [-0.2, -0.15) is 0 Å². The monoisotopic (exact) mass is 406 g/mol. The fourth-order valence-corrected chi connectivity index (χ4v) is 5.52. The molecular weight excluding hydrogens is 380 g/mol. The summed E-state index contributed by atoms with van der Waals surface area (Å²) in [4.78, 5) is 22.1. The molecule has 5 nitrogen and oxygen atoms in total. The second kappa shape index (κ2) is 7.86. The highest BCUT2D eigenvalue weighted by Crippen LogP contribution is 2.31. The van der Waals surface area contributed by atoms with Gasteiger partial charge in [0.15, 0.2) is 0 Å². The first-order valence-electron chi connectivity index (χ1n) is 10.4. The van der Waals surface area contributed by atoms with Crippen LogP contribution in [0.1, 0.15) is 18.4 Å². The van der Waals surface area contributed by atoms with Crippen molar-refractivity contribution < 1.29 is 4.79 Å². The molecule has 29 heavy (non-hydrogen) atoms. The van der Waals surface area contributed by atoms with Crippen LogP contribution in [0.4, 0.5) is 5.69 Å². The second-order valence-electron chi connectivity index (χ2n) is 8.18. The Balaban J connectivity index is 1.21. The maximum Gasteiger partial charge on any atom is 0.238 e. The van der Waals surface area contributed by atoms with Gasteiger partial charge >= 0.3 is 0 Å². The molecular formula is C23H26N4OS. The van der Waals surface area contributed by atoms with Crippen molar-refractivity contribution in [2.75, 3.05) is 38.0 Å². The molecule has 1 aromatic heterocycles. The minimum atomic E-state index is 0.0691. The number of amides is 1. The van der Waals surface area contributed by atoms with Crippen LogP contribution in [0, 0.1) is 6.92 Å². The van der Waals surface area contributed by atoms with Crippen molar-refractivity contribution in [3.8, 4) is 10.6 Å². The molecule has 0 saturated carbocycles. The van der Waals surface area contributed by atoms with Crippen LogP contribution in [0.2, 0.25) is 0 Å². The lowest BCUT2D eigenvalue weighted by Crippen LogP contribution is -2.51. The summed E-state index contributed by atoms with van der Waals surface area (Å²) in [6, 6.07) is 15.0. The topological polar surface area (TPSA) is 48.5 Å². The number of thiazole rings is 1. The lowest BCUT2D eigenvalue weighted by atomic mass is 10.1. The zero-order valence-electron chi connectivity index (χ0n) is 16.7. The van der Waals surface area contributed by atoms with Gasteiger partial charge in [-0.15, -0.1) is 11.3 Å². The summed E-state index contributed by atoms with van der Waals surface area (Å²) >= 11 is 1.71. The number of hydrogen-bond donors (Lipinski definition) is 1. The first-order chi connectivity index (χ1) is 14.1. The summed E-state index contributed by atoms with van der Waals surface area (Å²) in [6.45, 7) is 6.90. The zero-order chi connectivity index (χ0) is 19.8. The number of nitrogens with zero attached hydrogens (tertiary/aromatic N) is 3. The molecule has 1 N–H and O–H groups in total. The molecule has 3 aromatic rings. The van der Waals surface area contributed by atoms with Crippen molar-refractivity contribution in [1.29, 1.82) is 0 Å². The van der Waals surface area contributed by atoms with Crippen molar-refractivity contribution in [1.82, 2.24) is 14.8 Å². The van der Waals surface area contributed by atoms with Gasteiger partial charge in [-0.3, -0.25) is 14.6 Å². The molecule has 2 aromatic carbocycles. The fourth-order valence-electron chi connectivity index (χ4n) is 4.45. The van der Waals surface area contributed by atoms with Crippen LogP contribution in [0.5, 0.6) is 0 Å². The lowest BCUT2D eigenvalue weighted by molar-refractivity contribution is -0.117. The minimum Gasteiger partial charge on any atom is -0.325 e. The van der Waals surface area contributed by atoms with E-state index in [0.717, 1.165) is 41.4 Å². The van der Waals surface area contributed by atoms with E-state index in [4.69, 9.17) is 4.98 Å². The van der Waals surface area contributed by atoms with Crippen molar-refractivity contribution in [2.45, 2.75) is 25.8 Å². The summed E-state index contributed by atoms with van der Waals surface area (Å²) in [5.74, 6) is 0.0691. The number of nitrogens with one attached hydrogen (secondary N) is 1. The maximum atomic E-state index is 12.5.